The van der Waals surface area contributed by atoms with E-state index in [9.17, 15) is 13.2 Å². The number of benzene rings is 1. The summed E-state index contributed by atoms with van der Waals surface area (Å²) >= 11 is 3.25. The number of likely N-dealkylation sites (tertiary alicyclic amines) is 1. The molecule has 24 heavy (non-hydrogen) atoms. The average Bonchev–Trinajstić information content (AvgIpc) is 3.05. The monoisotopic (exact) mass is 417 g/mol. The van der Waals surface area contributed by atoms with Gasteiger partial charge in [-0.15, -0.1) is 0 Å². The van der Waals surface area contributed by atoms with Gasteiger partial charge in [0.25, 0.3) is 0 Å². The van der Waals surface area contributed by atoms with Gasteiger partial charge in [0.2, 0.25) is 15.9 Å². The van der Waals surface area contributed by atoms with Crippen LogP contribution in [0.1, 0.15) is 19.3 Å². The summed E-state index contributed by atoms with van der Waals surface area (Å²) in [5.41, 5.74) is 0. The summed E-state index contributed by atoms with van der Waals surface area (Å²) in [6.45, 7) is 3.87. The van der Waals surface area contributed by atoms with Gasteiger partial charge in [0, 0.05) is 37.6 Å². The van der Waals surface area contributed by atoms with Gasteiger partial charge in [-0.25, -0.2) is 13.1 Å². The molecule has 8 heteroatoms. The van der Waals surface area contributed by atoms with Crippen molar-refractivity contribution in [2.45, 2.75) is 24.2 Å². The number of likely N-dealkylation sites (N-methyl/N-ethyl adjacent to an activating group) is 1. The van der Waals surface area contributed by atoms with Gasteiger partial charge < -0.3 is 9.80 Å². The summed E-state index contributed by atoms with van der Waals surface area (Å²) in [6.07, 6.45) is 2.62. The molecule has 1 aliphatic rings. The van der Waals surface area contributed by atoms with Crippen molar-refractivity contribution in [3.8, 4) is 0 Å². The van der Waals surface area contributed by atoms with Crippen LogP contribution in [0.5, 0.6) is 0 Å². The first-order valence-corrected chi connectivity index (χ1v) is 10.4. The Morgan fingerprint density at radius 2 is 2.04 bits per heavy atom. The van der Waals surface area contributed by atoms with Gasteiger partial charge in [0.05, 0.1) is 4.90 Å². The number of sulfonamides is 1. The Labute approximate surface area is 152 Å². The molecule has 6 nitrogen and oxygen atoms in total. The first-order valence-electron chi connectivity index (χ1n) is 8.10. The molecule has 1 aromatic rings. The Morgan fingerprint density at radius 3 is 2.71 bits per heavy atom. The normalized spacial score (nSPS) is 15.6. The number of halogens is 1. The molecule has 0 aliphatic carbocycles. The Balaban J connectivity index is 1.74. The third-order valence-corrected chi connectivity index (χ3v) is 6.07. The fourth-order valence-electron chi connectivity index (χ4n) is 2.62. The van der Waals surface area contributed by atoms with E-state index < -0.39 is 10.0 Å². The number of hydrogen-bond donors (Lipinski definition) is 1. The molecule has 1 saturated heterocycles. The lowest BCUT2D eigenvalue weighted by Crippen LogP contribution is -2.37. The molecule has 1 heterocycles. The third-order valence-electron chi connectivity index (χ3n) is 4.11. The zero-order chi connectivity index (χ0) is 17.6. The highest BCUT2D eigenvalue weighted by atomic mass is 79.9. The topological polar surface area (TPSA) is 69.7 Å². The standard InChI is InChI=1S/C16H24BrN3O3S/c1-19(11-12-20-9-2-3-10-20)16(21)7-8-18-24(22,23)15-6-4-5-14(17)13-15/h4-6,13,18H,2-3,7-12H2,1H3. The highest BCUT2D eigenvalue weighted by molar-refractivity contribution is 9.10. The molecule has 1 N–H and O–H groups in total. The second-order valence-electron chi connectivity index (χ2n) is 5.97. The predicted octanol–water partition coefficient (Wildman–Crippen LogP) is 1.67. The van der Waals surface area contributed by atoms with Crippen molar-refractivity contribution in [3.05, 3.63) is 28.7 Å². The number of amides is 1. The SMILES string of the molecule is CN(CCN1CCCC1)C(=O)CCNS(=O)(=O)c1cccc(Br)c1. The Hall–Kier alpha value is -0.960. The fraction of sp³-hybridized carbons (Fsp3) is 0.562. The van der Waals surface area contributed by atoms with E-state index >= 15 is 0 Å². The minimum atomic E-state index is -3.59. The molecule has 0 atom stereocenters. The van der Waals surface area contributed by atoms with Gasteiger partial charge in [0.15, 0.2) is 0 Å². The molecule has 2 rings (SSSR count). The van der Waals surface area contributed by atoms with Crippen molar-refractivity contribution in [3.63, 3.8) is 0 Å². The zero-order valence-corrected chi connectivity index (χ0v) is 16.3. The maximum absolute atomic E-state index is 12.2. The van der Waals surface area contributed by atoms with Crippen LogP contribution >= 0.6 is 15.9 Å². The van der Waals surface area contributed by atoms with Crippen LogP contribution in [-0.4, -0.2) is 63.9 Å². The van der Waals surface area contributed by atoms with Gasteiger partial charge in [-0.05, 0) is 44.1 Å². The first kappa shape index (κ1) is 19.4. The summed E-state index contributed by atoms with van der Waals surface area (Å²) < 4.78 is 27.5. The van der Waals surface area contributed by atoms with Crippen LogP contribution < -0.4 is 4.72 Å². The number of carbonyl (C=O) groups excluding carboxylic acids is 1. The Morgan fingerprint density at radius 1 is 1.33 bits per heavy atom. The first-order chi connectivity index (χ1) is 11.4. The van der Waals surface area contributed by atoms with Crippen LogP contribution in [0.4, 0.5) is 0 Å². The minimum absolute atomic E-state index is 0.0499. The van der Waals surface area contributed by atoms with Gasteiger partial charge in [-0.1, -0.05) is 22.0 Å². The number of nitrogens with zero attached hydrogens (tertiary/aromatic N) is 2. The van der Waals surface area contributed by atoms with Crippen molar-refractivity contribution in [2.75, 3.05) is 39.8 Å². The number of carbonyl (C=O) groups is 1. The van der Waals surface area contributed by atoms with Crippen LogP contribution in [0.2, 0.25) is 0 Å². The van der Waals surface area contributed by atoms with Crippen molar-refractivity contribution < 1.29 is 13.2 Å². The number of hydrogen-bond acceptors (Lipinski definition) is 4. The van der Waals surface area contributed by atoms with Crippen molar-refractivity contribution >= 4 is 31.9 Å². The second-order valence-corrected chi connectivity index (χ2v) is 8.65. The van der Waals surface area contributed by atoms with E-state index in [0.717, 1.165) is 19.6 Å². The van der Waals surface area contributed by atoms with Gasteiger partial charge >= 0.3 is 0 Å². The summed E-state index contributed by atoms with van der Waals surface area (Å²) in [7, 11) is -1.82. The van der Waals surface area contributed by atoms with Crippen LogP contribution in [-0.2, 0) is 14.8 Å². The molecule has 1 amide bonds. The summed E-state index contributed by atoms with van der Waals surface area (Å²) in [6, 6.07) is 6.48. The lowest BCUT2D eigenvalue weighted by Gasteiger charge is -2.21. The largest absolute Gasteiger partial charge is 0.344 e. The van der Waals surface area contributed by atoms with Crippen molar-refractivity contribution in [1.82, 2.24) is 14.5 Å². The number of rotatable bonds is 8. The third kappa shape index (κ3) is 5.84. The van der Waals surface area contributed by atoms with Crippen LogP contribution in [0.3, 0.4) is 0 Å². The van der Waals surface area contributed by atoms with E-state index in [2.05, 4.69) is 25.6 Å². The van der Waals surface area contributed by atoms with Gasteiger partial charge in [-0.3, -0.25) is 4.79 Å². The van der Waals surface area contributed by atoms with Crippen molar-refractivity contribution in [2.24, 2.45) is 0 Å². The van der Waals surface area contributed by atoms with E-state index in [-0.39, 0.29) is 23.8 Å². The smallest absolute Gasteiger partial charge is 0.240 e. The number of nitrogens with one attached hydrogen (secondary N) is 1. The lowest BCUT2D eigenvalue weighted by molar-refractivity contribution is -0.129. The van der Waals surface area contributed by atoms with E-state index in [1.165, 1.54) is 25.0 Å². The molecule has 1 fully saturated rings. The minimum Gasteiger partial charge on any atom is -0.344 e. The molecule has 0 radical (unpaired) electrons. The summed E-state index contributed by atoms with van der Waals surface area (Å²) in [5, 5.41) is 0. The van der Waals surface area contributed by atoms with E-state index in [0.29, 0.717) is 11.0 Å². The molecule has 0 saturated carbocycles. The zero-order valence-electron chi connectivity index (χ0n) is 13.9. The average molecular weight is 418 g/mol. The molecule has 0 aromatic heterocycles. The molecule has 1 aliphatic heterocycles. The summed E-state index contributed by atoms with van der Waals surface area (Å²) in [4.78, 5) is 16.3. The van der Waals surface area contributed by atoms with E-state index in [4.69, 9.17) is 0 Å². The predicted molar refractivity (Wildman–Crippen MR) is 97.3 cm³/mol. The van der Waals surface area contributed by atoms with E-state index in [1.54, 1.807) is 24.1 Å². The molecule has 0 spiro atoms. The molecule has 134 valence electrons. The second kappa shape index (κ2) is 8.94. The fourth-order valence-corrected chi connectivity index (χ4v) is 4.25. The molecule has 0 bridgehead atoms. The Bertz CT molecular complexity index is 660. The van der Waals surface area contributed by atoms with Gasteiger partial charge in [0.1, 0.15) is 0 Å². The van der Waals surface area contributed by atoms with Gasteiger partial charge in [-0.2, -0.15) is 0 Å². The maximum Gasteiger partial charge on any atom is 0.240 e. The quantitative estimate of drug-likeness (QED) is 0.698. The van der Waals surface area contributed by atoms with Crippen LogP contribution in [0.25, 0.3) is 0 Å². The highest BCUT2D eigenvalue weighted by Crippen LogP contribution is 2.15. The summed E-state index contributed by atoms with van der Waals surface area (Å²) in [5.74, 6) is -0.0499. The van der Waals surface area contributed by atoms with Crippen LogP contribution in [0.15, 0.2) is 33.6 Å². The lowest BCUT2D eigenvalue weighted by atomic mass is 10.3. The Kier molecular flexibility index (Phi) is 7.21. The maximum atomic E-state index is 12.2. The molecular weight excluding hydrogens is 394 g/mol. The molecular formula is C16H24BrN3O3S. The van der Waals surface area contributed by atoms with Crippen molar-refractivity contribution in [1.29, 1.82) is 0 Å². The molecule has 1 aromatic carbocycles. The highest BCUT2D eigenvalue weighted by Gasteiger charge is 2.17. The molecule has 0 unspecified atom stereocenters. The van der Waals surface area contributed by atoms with E-state index in [1.807, 2.05) is 0 Å². The van der Waals surface area contributed by atoms with Crippen LogP contribution in [0, 0.1) is 0 Å².